The lowest BCUT2D eigenvalue weighted by Crippen LogP contribution is -2.53. The molecule has 2 aliphatic heterocycles. The third kappa shape index (κ3) is 3.01. The highest BCUT2D eigenvalue weighted by atomic mass is 16.5. The van der Waals surface area contributed by atoms with Gasteiger partial charge in [0.25, 0.3) is 0 Å². The molecular weight excluding hydrogens is 382 g/mol. The Bertz CT molecular complexity index is 749. The number of hydrogen-bond donors (Lipinski definition) is 1. The molecule has 6 rings (SSSR count). The number of rotatable bonds is 0. The van der Waals surface area contributed by atoms with Crippen molar-refractivity contribution in [2.75, 3.05) is 13.3 Å². The molecule has 0 aromatic carbocycles. The molecule has 0 unspecified atom stereocenters. The molecule has 0 amide bonds. The lowest BCUT2D eigenvalue weighted by Gasteiger charge is -2.58. The van der Waals surface area contributed by atoms with Crippen molar-refractivity contribution >= 4 is 0 Å². The first kappa shape index (κ1) is 21.2. The van der Waals surface area contributed by atoms with Crippen LogP contribution in [-0.2, 0) is 4.74 Å². The van der Waals surface area contributed by atoms with E-state index in [1.165, 1.54) is 51.5 Å². The Morgan fingerprint density at radius 2 is 1.90 bits per heavy atom. The van der Waals surface area contributed by atoms with E-state index in [0.29, 0.717) is 16.9 Å². The van der Waals surface area contributed by atoms with E-state index in [1.54, 1.807) is 5.57 Å². The van der Waals surface area contributed by atoms with Gasteiger partial charge in [-0.25, -0.2) is 0 Å². The average molecular weight is 428 g/mol. The third-order valence-electron chi connectivity index (χ3n) is 11.8. The van der Waals surface area contributed by atoms with Crippen LogP contribution in [0, 0.1) is 46.3 Å². The second-order valence-electron chi connectivity index (χ2n) is 13.2. The Balaban J connectivity index is 1.30. The SMILES string of the molecule is C[C@@H]1CC[C@H]2[C@@H](C)[C@H]3[C@@H](C[C@H]4[C@@H]5CC=C6C[C@@H](O)CC[C@]6(C)[C@H]5CC[C@]34C)OCN2C1. The third-order valence-corrected chi connectivity index (χ3v) is 11.8. The molecule has 0 aromatic rings. The summed E-state index contributed by atoms with van der Waals surface area (Å²) >= 11 is 0. The van der Waals surface area contributed by atoms with Crippen molar-refractivity contribution < 1.29 is 9.84 Å². The van der Waals surface area contributed by atoms with E-state index >= 15 is 0 Å². The van der Waals surface area contributed by atoms with Crippen LogP contribution in [0.5, 0.6) is 0 Å². The molecule has 2 saturated heterocycles. The average Bonchev–Trinajstić information content (AvgIpc) is 2.96. The molecule has 174 valence electrons. The molecule has 0 radical (unpaired) electrons. The highest BCUT2D eigenvalue weighted by Crippen LogP contribution is 2.68. The highest BCUT2D eigenvalue weighted by molar-refractivity contribution is 5.26. The van der Waals surface area contributed by atoms with Crippen LogP contribution < -0.4 is 0 Å². The minimum Gasteiger partial charge on any atom is -0.393 e. The largest absolute Gasteiger partial charge is 0.393 e. The maximum Gasteiger partial charge on any atom is 0.0996 e. The van der Waals surface area contributed by atoms with Crippen molar-refractivity contribution in [2.24, 2.45) is 46.3 Å². The monoisotopic (exact) mass is 427 g/mol. The fourth-order valence-corrected chi connectivity index (χ4v) is 10.2. The van der Waals surface area contributed by atoms with Gasteiger partial charge in [-0.1, -0.05) is 39.3 Å². The molecule has 0 bridgehead atoms. The van der Waals surface area contributed by atoms with Gasteiger partial charge in [0, 0.05) is 12.6 Å². The van der Waals surface area contributed by atoms with Gasteiger partial charge in [0.2, 0.25) is 0 Å². The van der Waals surface area contributed by atoms with Gasteiger partial charge < -0.3 is 9.84 Å². The summed E-state index contributed by atoms with van der Waals surface area (Å²) in [5, 5.41) is 10.3. The van der Waals surface area contributed by atoms with Gasteiger partial charge in [0.15, 0.2) is 0 Å². The van der Waals surface area contributed by atoms with Crippen molar-refractivity contribution in [3.8, 4) is 0 Å². The first-order valence-corrected chi connectivity index (χ1v) is 13.5. The maximum atomic E-state index is 10.3. The van der Waals surface area contributed by atoms with Crippen LogP contribution >= 0.6 is 0 Å². The molecule has 11 atom stereocenters. The van der Waals surface area contributed by atoms with Gasteiger partial charge in [0.05, 0.1) is 18.9 Å². The van der Waals surface area contributed by atoms with Gasteiger partial charge in [-0.15, -0.1) is 0 Å². The van der Waals surface area contributed by atoms with Crippen LogP contribution in [0.4, 0.5) is 0 Å². The summed E-state index contributed by atoms with van der Waals surface area (Å²) in [4.78, 5) is 2.70. The minimum atomic E-state index is -0.0989. The summed E-state index contributed by atoms with van der Waals surface area (Å²) in [5.41, 5.74) is 2.39. The topological polar surface area (TPSA) is 32.7 Å². The van der Waals surface area contributed by atoms with Crippen LogP contribution in [0.1, 0.15) is 85.5 Å². The number of fused-ring (bicyclic) bond motifs is 8. The van der Waals surface area contributed by atoms with Crippen LogP contribution in [0.3, 0.4) is 0 Å². The van der Waals surface area contributed by atoms with Gasteiger partial charge >= 0.3 is 0 Å². The van der Waals surface area contributed by atoms with E-state index in [-0.39, 0.29) is 6.10 Å². The minimum absolute atomic E-state index is 0.0989. The number of ether oxygens (including phenoxy) is 1. The Morgan fingerprint density at radius 3 is 2.74 bits per heavy atom. The molecule has 3 saturated carbocycles. The maximum absolute atomic E-state index is 10.3. The lowest BCUT2D eigenvalue weighted by molar-refractivity contribution is -0.0644. The molecule has 2 heterocycles. The normalized spacial score (nSPS) is 56.9. The Morgan fingerprint density at radius 1 is 1.06 bits per heavy atom. The van der Waals surface area contributed by atoms with E-state index in [2.05, 4.69) is 38.7 Å². The summed E-state index contributed by atoms with van der Waals surface area (Å²) in [5.74, 6) is 4.77. The molecule has 5 fully saturated rings. The van der Waals surface area contributed by atoms with Gasteiger partial charge in [-0.2, -0.15) is 0 Å². The molecule has 6 aliphatic rings. The Hall–Kier alpha value is -0.380. The van der Waals surface area contributed by atoms with Crippen LogP contribution in [0.15, 0.2) is 11.6 Å². The number of hydrogen-bond acceptors (Lipinski definition) is 3. The van der Waals surface area contributed by atoms with Crippen molar-refractivity contribution in [2.45, 2.75) is 104 Å². The van der Waals surface area contributed by atoms with Crippen molar-refractivity contribution in [1.82, 2.24) is 4.90 Å². The zero-order valence-corrected chi connectivity index (χ0v) is 20.4. The summed E-state index contributed by atoms with van der Waals surface area (Å²) in [7, 11) is 0. The first-order chi connectivity index (χ1) is 14.8. The first-order valence-electron chi connectivity index (χ1n) is 13.5. The fraction of sp³-hybridized carbons (Fsp3) is 0.929. The standard InChI is InChI=1S/C28H45NO2/c1-17-5-8-24-18(2)26-25(31-16-29(24)15-17)14-23-21-7-6-19-13-20(30)9-11-27(19,3)22(21)10-12-28(23,26)4/h6,17-18,20-26,30H,5,7-16H2,1-4H3/t17-,18-,20+,21-,22+,23+,24+,25-,26+,27+,28+/m1/s1. The van der Waals surface area contributed by atoms with Gasteiger partial charge in [0.1, 0.15) is 0 Å². The van der Waals surface area contributed by atoms with E-state index < -0.39 is 0 Å². The number of nitrogens with zero attached hydrogens (tertiary/aromatic N) is 1. The molecule has 3 heteroatoms. The summed E-state index contributed by atoms with van der Waals surface area (Å²) in [6, 6.07) is 0.731. The predicted octanol–water partition coefficient (Wildman–Crippen LogP) is 5.63. The number of allylic oxidation sites excluding steroid dienone is 1. The Labute approximate surface area is 190 Å². The molecule has 31 heavy (non-hydrogen) atoms. The predicted molar refractivity (Wildman–Crippen MR) is 124 cm³/mol. The van der Waals surface area contributed by atoms with Crippen molar-refractivity contribution in [3.63, 3.8) is 0 Å². The molecule has 0 spiro atoms. The van der Waals surface area contributed by atoms with Crippen molar-refractivity contribution in [3.05, 3.63) is 11.6 Å². The van der Waals surface area contributed by atoms with Crippen LogP contribution in [-0.4, -0.2) is 41.5 Å². The molecule has 4 aliphatic carbocycles. The molecule has 1 N–H and O–H groups in total. The lowest BCUT2D eigenvalue weighted by atomic mass is 9.47. The van der Waals surface area contributed by atoms with Gasteiger partial charge in [-0.05, 0) is 104 Å². The number of aliphatic hydroxyl groups excluding tert-OH is 1. The smallest absolute Gasteiger partial charge is 0.0996 e. The quantitative estimate of drug-likeness (QED) is 0.509. The van der Waals surface area contributed by atoms with Crippen LogP contribution in [0.25, 0.3) is 0 Å². The van der Waals surface area contributed by atoms with Crippen molar-refractivity contribution in [1.29, 1.82) is 0 Å². The summed E-state index contributed by atoms with van der Waals surface area (Å²) in [6.07, 6.45) is 14.2. The van der Waals surface area contributed by atoms with E-state index in [4.69, 9.17) is 4.74 Å². The molecular formula is C28H45NO2. The molecule has 3 nitrogen and oxygen atoms in total. The second kappa shape index (κ2) is 7.31. The number of piperidine rings is 1. The summed E-state index contributed by atoms with van der Waals surface area (Å²) < 4.78 is 6.78. The zero-order valence-electron chi connectivity index (χ0n) is 20.4. The van der Waals surface area contributed by atoms with Gasteiger partial charge in [-0.3, -0.25) is 4.90 Å². The second-order valence-corrected chi connectivity index (χ2v) is 13.2. The zero-order chi connectivity index (χ0) is 21.5. The van der Waals surface area contributed by atoms with E-state index in [0.717, 1.165) is 61.1 Å². The fourth-order valence-electron chi connectivity index (χ4n) is 10.2. The van der Waals surface area contributed by atoms with E-state index in [9.17, 15) is 5.11 Å². The molecule has 0 aromatic heterocycles. The number of aliphatic hydroxyl groups is 1. The van der Waals surface area contributed by atoms with Crippen LogP contribution in [0.2, 0.25) is 0 Å². The van der Waals surface area contributed by atoms with E-state index in [1.807, 2.05) is 0 Å². The Kier molecular flexibility index (Phi) is 4.99. The summed E-state index contributed by atoms with van der Waals surface area (Å²) in [6.45, 7) is 12.3. The highest BCUT2D eigenvalue weighted by Gasteiger charge is 2.63.